The summed E-state index contributed by atoms with van der Waals surface area (Å²) in [6, 6.07) is 8.42. The minimum Gasteiger partial charge on any atom is -0.493 e. The molecule has 2 aromatic rings. The summed E-state index contributed by atoms with van der Waals surface area (Å²) in [4.78, 5) is 0.207. The average Bonchev–Trinajstić information content (AvgIpc) is 2.70. The van der Waals surface area contributed by atoms with E-state index >= 15 is 0 Å². The van der Waals surface area contributed by atoms with E-state index in [2.05, 4.69) is 4.72 Å². The first kappa shape index (κ1) is 21.3. The maximum Gasteiger partial charge on any atom is 0.240 e. The van der Waals surface area contributed by atoms with E-state index in [4.69, 9.17) is 18.9 Å². The first-order chi connectivity index (χ1) is 13.7. The molecule has 1 aliphatic heterocycles. The van der Waals surface area contributed by atoms with Crippen LogP contribution in [0.3, 0.4) is 0 Å². The molecule has 0 atom stereocenters. The molecule has 1 aliphatic rings. The summed E-state index contributed by atoms with van der Waals surface area (Å²) in [5, 5.41) is 0. The minimum absolute atomic E-state index is 0.0481. The molecule has 0 saturated carbocycles. The third-order valence-electron chi connectivity index (χ3n) is 4.96. The highest BCUT2D eigenvalue weighted by Crippen LogP contribution is 2.40. The van der Waals surface area contributed by atoms with Crippen LogP contribution in [-0.2, 0) is 23.0 Å². The Labute approximate surface area is 172 Å². The van der Waals surface area contributed by atoms with E-state index in [1.807, 2.05) is 13.8 Å². The number of fused-ring (bicyclic) bond motifs is 1. The van der Waals surface area contributed by atoms with Crippen molar-refractivity contribution >= 4 is 10.0 Å². The molecule has 0 radical (unpaired) electrons. The van der Waals surface area contributed by atoms with Gasteiger partial charge in [-0.05, 0) is 56.5 Å². The second-order valence-corrected chi connectivity index (χ2v) is 9.22. The number of methoxy groups -OCH3 is 3. The Balaban J connectivity index is 1.83. The molecule has 0 aromatic heterocycles. The Kier molecular flexibility index (Phi) is 5.95. The molecule has 0 fully saturated rings. The molecule has 1 heterocycles. The van der Waals surface area contributed by atoms with Crippen molar-refractivity contribution in [2.24, 2.45) is 0 Å². The van der Waals surface area contributed by atoms with Crippen LogP contribution < -0.4 is 23.7 Å². The van der Waals surface area contributed by atoms with Crippen molar-refractivity contribution in [2.75, 3.05) is 21.3 Å². The van der Waals surface area contributed by atoms with E-state index in [-0.39, 0.29) is 17.0 Å². The lowest BCUT2D eigenvalue weighted by molar-refractivity contribution is 0.0845. The van der Waals surface area contributed by atoms with Gasteiger partial charge in [-0.2, -0.15) is 0 Å². The molecule has 0 unspecified atom stereocenters. The van der Waals surface area contributed by atoms with Crippen LogP contribution in [0.5, 0.6) is 23.0 Å². The van der Waals surface area contributed by atoms with Crippen molar-refractivity contribution in [1.82, 2.24) is 4.72 Å². The summed E-state index contributed by atoms with van der Waals surface area (Å²) in [5.74, 6) is 2.09. The summed E-state index contributed by atoms with van der Waals surface area (Å²) in [6.07, 6.45) is 1.61. The van der Waals surface area contributed by atoms with Gasteiger partial charge in [0.15, 0.2) is 11.5 Å². The maximum atomic E-state index is 12.8. The molecule has 29 heavy (non-hydrogen) atoms. The average molecular weight is 422 g/mol. The van der Waals surface area contributed by atoms with Crippen LogP contribution in [0.1, 0.15) is 31.4 Å². The molecule has 158 valence electrons. The lowest BCUT2D eigenvalue weighted by Crippen LogP contribution is -2.32. The van der Waals surface area contributed by atoms with Gasteiger partial charge >= 0.3 is 0 Å². The summed E-state index contributed by atoms with van der Waals surface area (Å²) in [5.41, 5.74) is 1.29. The fraction of sp³-hybridized carbons (Fsp3) is 0.429. The lowest BCUT2D eigenvalue weighted by atomic mass is 9.94. The highest BCUT2D eigenvalue weighted by molar-refractivity contribution is 7.89. The Morgan fingerprint density at radius 3 is 2.41 bits per heavy atom. The van der Waals surface area contributed by atoms with Gasteiger partial charge in [-0.3, -0.25) is 0 Å². The number of hydrogen-bond acceptors (Lipinski definition) is 6. The van der Waals surface area contributed by atoms with Crippen LogP contribution >= 0.6 is 0 Å². The summed E-state index contributed by atoms with van der Waals surface area (Å²) in [7, 11) is 0.819. The summed E-state index contributed by atoms with van der Waals surface area (Å²) < 4.78 is 50.3. The van der Waals surface area contributed by atoms with Crippen LogP contribution in [0.25, 0.3) is 0 Å². The fourth-order valence-corrected chi connectivity index (χ4v) is 4.42. The molecule has 0 aliphatic carbocycles. The smallest absolute Gasteiger partial charge is 0.240 e. The van der Waals surface area contributed by atoms with Crippen LogP contribution in [0.15, 0.2) is 35.2 Å². The van der Waals surface area contributed by atoms with Gasteiger partial charge in [0, 0.05) is 12.1 Å². The van der Waals surface area contributed by atoms with E-state index in [0.29, 0.717) is 22.8 Å². The SMILES string of the molecule is COc1ccc(CNS(=O)(=O)c2ccc3c(c2)CCC(C)(C)O3)c(OC)c1OC. The van der Waals surface area contributed by atoms with Crippen molar-refractivity contribution in [1.29, 1.82) is 0 Å². The Morgan fingerprint density at radius 1 is 1.03 bits per heavy atom. The molecule has 2 aromatic carbocycles. The van der Waals surface area contributed by atoms with Crippen molar-refractivity contribution in [2.45, 2.75) is 43.7 Å². The predicted octanol–water partition coefficient (Wildman–Crippen LogP) is 3.29. The normalized spacial score (nSPS) is 15.2. The van der Waals surface area contributed by atoms with Gasteiger partial charge < -0.3 is 18.9 Å². The molecular weight excluding hydrogens is 394 g/mol. The fourth-order valence-electron chi connectivity index (χ4n) is 3.36. The monoisotopic (exact) mass is 421 g/mol. The first-order valence-corrected chi connectivity index (χ1v) is 10.8. The molecular formula is C21H27NO6S. The lowest BCUT2D eigenvalue weighted by Gasteiger charge is -2.32. The van der Waals surface area contributed by atoms with Crippen LogP contribution in [0.4, 0.5) is 0 Å². The zero-order valence-electron chi connectivity index (χ0n) is 17.4. The predicted molar refractivity (Wildman–Crippen MR) is 110 cm³/mol. The molecule has 0 amide bonds. The Bertz CT molecular complexity index is 1000. The van der Waals surface area contributed by atoms with Crippen molar-refractivity contribution in [3.05, 3.63) is 41.5 Å². The van der Waals surface area contributed by atoms with E-state index in [0.717, 1.165) is 24.2 Å². The van der Waals surface area contributed by atoms with Crippen molar-refractivity contribution in [3.8, 4) is 23.0 Å². The van der Waals surface area contributed by atoms with Crippen molar-refractivity contribution in [3.63, 3.8) is 0 Å². The summed E-state index contributed by atoms with van der Waals surface area (Å²) >= 11 is 0. The largest absolute Gasteiger partial charge is 0.493 e. The van der Waals surface area contributed by atoms with E-state index in [1.165, 1.54) is 21.3 Å². The quantitative estimate of drug-likeness (QED) is 0.739. The number of ether oxygens (including phenoxy) is 4. The van der Waals surface area contributed by atoms with Gasteiger partial charge in [0.25, 0.3) is 0 Å². The topological polar surface area (TPSA) is 83.1 Å². The third kappa shape index (κ3) is 4.43. The highest BCUT2D eigenvalue weighted by atomic mass is 32.2. The van der Waals surface area contributed by atoms with Gasteiger partial charge in [-0.15, -0.1) is 0 Å². The highest BCUT2D eigenvalue weighted by Gasteiger charge is 2.28. The number of rotatable bonds is 7. The number of sulfonamides is 1. The molecule has 0 saturated heterocycles. The van der Waals surface area contributed by atoms with Crippen molar-refractivity contribution < 1.29 is 27.4 Å². The molecule has 8 heteroatoms. The molecule has 3 rings (SSSR count). The first-order valence-electron chi connectivity index (χ1n) is 9.30. The molecule has 1 N–H and O–H groups in total. The minimum atomic E-state index is -3.71. The zero-order chi connectivity index (χ0) is 21.2. The maximum absolute atomic E-state index is 12.8. The van der Waals surface area contributed by atoms with Crippen LogP contribution in [0, 0.1) is 0 Å². The third-order valence-corrected chi connectivity index (χ3v) is 6.36. The second-order valence-electron chi connectivity index (χ2n) is 7.45. The van der Waals surface area contributed by atoms with Gasteiger partial charge in [0.1, 0.15) is 11.4 Å². The second kappa shape index (κ2) is 8.12. The standard InChI is InChI=1S/C21H27NO6S/c1-21(2)11-10-14-12-16(7-9-17(14)28-21)29(23,24)22-13-15-6-8-18(25-3)20(27-5)19(15)26-4/h6-9,12,22H,10-11,13H2,1-5H3. The Morgan fingerprint density at radius 2 is 1.76 bits per heavy atom. The van der Waals surface area contributed by atoms with E-state index in [1.54, 1.807) is 30.3 Å². The van der Waals surface area contributed by atoms with Gasteiger partial charge in [-0.1, -0.05) is 6.07 Å². The van der Waals surface area contributed by atoms with Gasteiger partial charge in [0.2, 0.25) is 15.8 Å². The number of nitrogens with one attached hydrogen (secondary N) is 1. The number of aryl methyl sites for hydroxylation is 1. The molecule has 0 bridgehead atoms. The summed E-state index contributed by atoms with van der Waals surface area (Å²) in [6.45, 7) is 4.10. The van der Waals surface area contributed by atoms with Crippen LogP contribution in [-0.4, -0.2) is 35.3 Å². The molecule has 7 nitrogen and oxygen atoms in total. The zero-order valence-corrected chi connectivity index (χ0v) is 18.2. The van der Waals surface area contributed by atoms with E-state index in [9.17, 15) is 8.42 Å². The van der Waals surface area contributed by atoms with Crippen LogP contribution in [0.2, 0.25) is 0 Å². The van der Waals surface area contributed by atoms with Gasteiger partial charge in [-0.25, -0.2) is 13.1 Å². The number of hydrogen-bond donors (Lipinski definition) is 1. The van der Waals surface area contributed by atoms with Gasteiger partial charge in [0.05, 0.1) is 26.2 Å². The van der Waals surface area contributed by atoms with E-state index < -0.39 is 10.0 Å². The number of benzene rings is 2. The Hall–Kier alpha value is -2.45. The molecule has 0 spiro atoms.